The van der Waals surface area contributed by atoms with Crippen molar-refractivity contribution in [1.82, 2.24) is 4.40 Å². The molecule has 1 nitrogen and oxygen atoms in total. The molecule has 0 spiro atoms. The monoisotopic (exact) mass is 239 g/mol. The van der Waals surface area contributed by atoms with Crippen molar-refractivity contribution in [3.8, 4) is 11.1 Å². The van der Waals surface area contributed by atoms with Crippen molar-refractivity contribution in [3.63, 3.8) is 0 Å². The molecule has 2 aromatic heterocycles. The second kappa shape index (κ2) is 4.30. The Hall–Kier alpha value is -2.09. The Balaban J connectivity index is 2.10. The van der Waals surface area contributed by atoms with Crippen LogP contribution < -0.4 is 0 Å². The predicted octanol–water partition coefficient (Wildman–Crippen LogP) is 4.31. The van der Waals surface area contributed by atoms with Gasteiger partial charge in [0.15, 0.2) is 0 Å². The fourth-order valence-corrected chi connectivity index (χ4v) is 2.16. The highest BCUT2D eigenvalue weighted by molar-refractivity contribution is 5.70. The van der Waals surface area contributed by atoms with E-state index in [1.54, 1.807) is 0 Å². The van der Waals surface area contributed by atoms with Crippen LogP contribution in [0.5, 0.6) is 0 Å². The van der Waals surface area contributed by atoms with Crippen molar-refractivity contribution in [2.75, 3.05) is 0 Å². The summed E-state index contributed by atoms with van der Waals surface area (Å²) < 4.78 is 15.0. The molecular formula is C16H14FN. The van der Waals surface area contributed by atoms with Crippen LogP contribution in [0.4, 0.5) is 4.39 Å². The van der Waals surface area contributed by atoms with Gasteiger partial charge in [0.25, 0.3) is 0 Å². The van der Waals surface area contributed by atoms with Crippen LogP contribution >= 0.6 is 0 Å². The van der Waals surface area contributed by atoms with Gasteiger partial charge in [-0.25, -0.2) is 4.39 Å². The maximum absolute atomic E-state index is 12.9. The van der Waals surface area contributed by atoms with Gasteiger partial charge < -0.3 is 4.40 Å². The van der Waals surface area contributed by atoms with Gasteiger partial charge in [-0.3, -0.25) is 0 Å². The third kappa shape index (κ3) is 1.90. The first-order valence-electron chi connectivity index (χ1n) is 6.13. The van der Waals surface area contributed by atoms with Crippen LogP contribution in [0, 0.1) is 5.82 Å². The number of aromatic nitrogens is 1. The van der Waals surface area contributed by atoms with E-state index in [-0.39, 0.29) is 5.82 Å². The van der Waals surface area contributed by atoms with E-state index >= 15 is 0 Å². The SMILES string of the molecule is CCc1ccc2cc(-c3ccc(F)cc3)cn2c1. The molecule has 0 aliphatic heterocycles. The van der Waals surface area contributed by atoms with Crippen LogP contribution in [0.3, 0.4) is 0 Å². The Labute approximate surface area is 106 Å². The lowest BCUT2D eigenvalue weighted by atomic mass is 10.1. The highest BCUT2D eigenvalue weighted by atomic mass is 19.1. The summed E-state index contributed by atoms with van der Waals surface area (Å²) in [5.41, 5.74) is 4.62. The molecule has 0 fully saturated rings. The first kappa shape index (κ1) is 11.0. The average molecular weight is 239 g/mol. The lowest BCUT2D eigenvalue weighted by Crippen LogP contribution is -1.85. The fraction of sp³-hybridized carbons (Fsp3) is 0.125. The van der Waals surface area contributed by atoms with E-state index < -0.39 is 0 Å². The molecule has 2 heterocycles. The maximum Gasteiger partial charge on any atom is 0.123 e. The molecular weight excluding hydrogens is 225 g/mol. The minimum Gasteiger partial charge on any atom is -0.323 e. The van der Waals surface area contributed by atoms with Crippen molar-refractivity contribution >= 4 is 5.52 Å². The number of aryl methyl sites for hydroxylation is 1. The van der Waals surface area contributed by atoms with Gasteiger partial charge in [0.1, 0.15) is 5.82 Å². The molecule has 90 valence electrons. The lowest BCUT2D eigenvalue weighted by Gasteiger charge is -1.98. The molecule has 0 radical (unpaired) electrons. The van der Waals surface area contributed by atoms with Crippen LogP contribution in [0.25, 0.3) is 16.6 Å². The Kier molecular flexibility index (Phi) is 2.63. The number of benzene rings is 1. The summed E-state index contributed by atoms with van der Waals surface area (Å²) in [7, 11) is 0. The highest BCUT2D eigenvalue weighted by Crippen LogP contribution is 2.23. The third-order valence-corrected chi connectivity index (χ3v) is 3.24. The molecule has 0 bridgehead atoms. The van der Waals surface area contributed by atoms with E-state index in [9.17, 15) is 4.39 Å². The van der Waals surface area contributed by atoms with E-state index in [2.05, 4.69) is 41.9 Å². The molecule has 0 N–H and O–H groups in total. The summed E-state index contributed by atoms with van der Waals surface area (Å²) in [6, 6.07) is 13.0. The fourth-order valence-electron chi connectivity index (χ4n) is 2.16. The molecule has 1 aromatic carbocycles. The van der Waals surface area contributed by atoms with Crippen molar-refractivity contribution in [2.24, 2.45) is 0 Å². The minimum atomic E-state index is -0.198. The maximum atomic E-state index is 12.9. The highest BCUT2D eigenvalue weighted by Gasteiger charge is 2.03. The van der Waals surface area contributed by atoms with E-state index in [1.807, 2.05) is 12.1 Å². The summed E-state index contributed by atoms with van der Waals surface area (Å²) in [5, 5.41) is 0. The second-order valence-corrected chi connectivity index (χ2v) is 4.46. The predicted molar refractivity (Wildman–Crippen MR) is 72.2 cm³/mol. The summed E-state index contributed by atoms with van der Waals surface area (Å²) in [4.78, 5) is 0. The molecule has 0 amide bonds. The first-order chi connectivity index (χ1) is 8.76. The molecule has 0 aliphatic carbocycles. The number of fused-ring (bicyclic) bond motifs is 1. The Bertz CT molecular complexity index is 680. The number of rotatable bonds is 2. The van der Waals surface area contributed by atoms with Crippen molar-refractivity contribution in [3.05, 3.63) is 66.2 Å². The molecule has 0 aliphatic rings. The zero-order valence-corrected chi connectivity index (χ0v) is 10.2. The number of hydrogen-bond donors (Lipinski definition) is 0. The van der Waals surface area contributed by atoms with Crippen LogP contribution in [0.1, 0.15) is 12.5 Å². The van der Waals surface area contributed by atoms with E-state index in [0.29, 0.717) is 0 Å². The van der Waals surface area contributed by atoms with Crippen molar-refractivity contribution < 1.29 is 4.39 Å². The van der Waals surface area contributed by atoms with Crippen LogP contribution in [0.15, 0.2) is 54.9 Å². The lowest BCUT2D eigenvalue weighted by molar-refractivity contribution is 0.628. The minimum absolute atomic E-state index is 0.198. The van der Waals surface area contributed by atoms with Crippen molar-refractivity contribution in [2.45, 2.75) is 13.3 Å². The smallest absolute Gasteiger partial charge is 0.123 e. The van der Waals surface area contributed by atoms with Crippen LogP contribution in [-0.4, -0.2) is 4.40 Å². The van der Waals surface area contributed by atoms with Gasteiger partial charge in [0.2, 0.25) is 0 Å². The molecule has 3 rings (SSSR count). The molecule has 3 aromatic rings. The van der Waals surface area contributed by atoms with E-state index in [4.69, 9.17) is 0 Å². The van der Waals surface area contributed by atoms with Gasteiger partial charge in [0.05, 0.1) is 0 Å². The molecule has 18 heavy (non-hydrogen) atoms. The van der Waals surface area contributed by atoms with Crippen LogP contribution in [0.2, 0.25) is 0 Å². The standard InChI is InChI=1S/C16H14FN/c1-2-12-3-8-16-9-14(11-18(16)10-12)13-4-6-15(17)7-5-13/h3-11H,2H2,1H3. The van der Waals surface area contributed by atoms with Gasteiger partial charge in [-0.1, -0.05) is 25.1 Å². The normalized spacial score (nSPS) is 11.0. The molecule has 2 heteroatoms. The average Bonchev–Trinajstić information content (AvgIpc) is 2.82. The van der Waals surface area contributed by atoms with Crippen LogP contribution in [-0.2, 0) is 6.42 Å². The quantitative estimate of drug-likeness (QED) is 0.627. The Morgan fingerprint density at radius 3 is 2.44 bits per heavy atom. The Morgan fingerprint density at radius 1 is 0.944 bits per heavy atom. The zero-order chi connectivity index (χ0) is 12.5. The number of halogens is 1. The summed E-state index contributed by atoms with van der Waals surface area (Å²) in [6.45, 7) is 2.14. The van der Waals surface area contributed by atoms with Gasteiger partial charge in [-0.2, -0.15) is 0 Å². The third-order valence-electron chi connectivity index (χ3n) is 3.24. The van der Waals surface area contributed by atoms with Gasteiger partial charge in [0, 0.05) is 23.5 Å². The number of pyridine rings is 1. The molecule has 0 atom stereocenters. The largest absolute Gasteiger partial charge is 0.323 e. The molecule has 0 unspecified atom stereocenters. The van der Waals surface area contributed by atoms with Crippen molar-refractivity contribution in [1.29, 1.82) is 0 Å². The van der Waals surface area contributed by atoms with E-state index in [0.717, 1.165) is 23.1 Å². The zero-order valence-electron chi connectivity index (χ0n) is 10.2. The first-order valence-corrected chi connectivity index (χ1v) is 6.13. The summed E-state index contributed by atoms with van der Waals surface area (Å²) in [6.07, 6.45) is 5.25. The van der Waals surface area contributed by atoms with Gasteiger partial charge in [-0.15, -0.1) is 0 Å². The Morgan fingerprint density at radius 2 is 1.72 bits per heavy atom. The molecule has 0 saturated heterocycles. The molecule has 0 saturated carbocycles. The summed E-state index contributed by atoms with van der Waals surface area (Å²) >= 11 is 0. The topological polar surface area (TPSA) is 4.41 Å². The number of nitrogens with zero attached hydrogens (tertiary/aromatic N) is 1. The number of hydrogen-bond acceptors (Lipinski definition) is 0. The van der Waals surface area contributed by atoms with Gasteiger partial charge in [-0.05, 0) is 41.8 Å². The van der Waals surface area contributed by atoms with E-state index in [1.165, 1.54) is 17.7 Å². The summed E-state index contributed by atoms with van der Waals surface area (Å²) in [5.74, 6) is -0.198. The second-order valence-electron chi connectivity index (χ2n) is 4.46. The van der Waals surface area contributed by atoms with Gasteiger partial charge >= 0.3 is 0 Å².